The lowest BCUT2D eigenvalue weighted by molar-refractivity contribution is 0.0994. The first-order valence-corrected chi connectivity index (χ1v) is 9.55. The molecular formula is C20H27N5O. The zero-order valence-electron chi connectivity index (χ0n) is 15.2. The van der Waals surface area contributed by atoms with Crippen molar-refractivity contribution in [3.8, 4) is 0 Å². The third-order valence-electron chi connectivity index (χ3n) is 5.68. The van der Waals surface area contributed by atoms with Gasteiger partial charge in [0.25, 0.3) is 5.91 Å². The summed E-state index contributed by atoms with van der Waals surface area (Å²) in [5.74, 6) is 0.552. The number of carbonyl (C=O) groups is 1. The Morgan fingerprint density at radius 1 is 1.08 bits per heavy atom. The number of fused-ring (bicyclic) bond motifs is 1. The highest BCUT2D eigenvalue weighted by Crippen LogP contribution is 2.21. The quantitative estimate of drug-likeness (QED) is 0.905. The van der Waals surface area contributed by atoms with Gasteiger partial charge in [-0.25, -0.2) is 4.98 Å². The minimum absolute atomic E-state index is 0.391. The highest BCUT2D eigenvalue weighted by Gasteiger charge is 2.26. The van der Waals surface area contributed by atoms with E-state index in [0.717, 1.165) is 51.5 Å². The third-order valence-corrected chi connectivity index (χ3v) is 5.68. The van der Waals surface area contributed by atoms with Crippen molar-refractivity contribution in [2.45, 2.75) is 38.4 Å². The summed E-state index contributed by atoms with van der Waals surface area (Å²) in [5.41, 5.74) is 7.14. The number of nitrogens with zero attached hydrogens (tertiary/aromatic N) is 4. The first-order chi connectivity index (χ1) is 12.7. The van der Waals surface area contributed by atoms with Crippen molar-refractivity contribution in [1.29, 1.82) is 0 Å². The molecule has 0 aliphatic carbocycles. The lowest BCUT2D eigenvalue weighted by Crippen LogP contribution is -2.45. The maximum Gasteiger partial charge on any atom is 0.268 e. The van der Waals surface area contributed by atoms with Crippen LogP contribution in [0, 0.1) is 0 Å². The summed E-state index contributed by atoms with van der Waals surface area (Å²) in [5, 5.41) is 0. The van der Waals surface area contributed by atoms with Gasteiger partial charge in [0.05, 0.1) is 0 Å². The Bertz CT molecular complexity index is 723. The van der Waals surface area contributed by atoms with E-state index in [4.69, 9.17) is 5.73 Å². The molecule has 4 rings (SSSR count). The SMILES string of the molecule is NC(=O)c1cn2c(n1)CCN(C1CCN(Cc3ccccc3)CC1)CC2. The predicted molar refractivity (Wildman–Crippen MR) is 101 cm³/mol. The average molecular weight is 353 g/mol. The molecule has 6 nitrogen and oxygen atoms in total. The maximum atomic E-state index is 11.3. The van der Waals surface area contributed by atoms with Crippen LogP contribution in [0.4, 0.5) is 0 Å². The standard InChI is InChI=1S/C20H27N5O/c21-20(26)18-15-25-13-12-24(11-8-19(25)22-18)17-6-9-23(10-7-17)14-16-4-2-1-3-5-16/h1-5,15,17H,6-14H2,(H2,21,26). The Morgan fingerprint density at radius 2 is 1.85 bits per heavy atom. The molecule has 2 aliphatic heterocycles. The van der Waals surface area contributed by atoms with Gasteiger partial charge in [0.15, 0.2) is 0 Å². The molecule has 138 valence electrons. The fourth-order valence-electron chi connectivity index (χ4n) is 4.21. The number of amides is 1. The van der Waals surface area contributed by atoms with Crippen molar-refractivity contribution in [2.75, 3.05) is 26.2 Å². The van der Waals surface area contributed by atoms with Gasteiger partial charge < -0.3 is 10.3 Å². The molecule has 6 heteroatoms. The lowest BCUT2D eigenvalue weighted by atomic mass is 10.0. The number of primary amides is 1. The van der Waals surface area contributed by atoms with Crippen molar-refractivity contribution in [3.05, 3.63) is 53.6 Å². The largest absolute Gasteiger partial charge is 0.364 e. The molecule has 0 spiro atoms. The zero-order chi connectivity index (χ0) is 17.9. The summed E-state index contributed by atoms with van der Waals surface area (Å²) in [6.07, 6.45) is 5.14. The molecule has 1 fully saturated rings. The molecule has 2 N–H and O–H groups in total. The van der Waals surface area contributed by atoms with Crippen molar-refractivity contribution in [1.82, 2.24) is 19.4 Å². The zero-order valence-corrected chi connectivity index (χ0v) is 15.2. The molecule has 1 amide bonds. The first kappa shape index (κ1) is 17.2. The highest BCUT2D eigenvalue weighted by atomic mass is 16.1. The van der Waals surface area contributed by atoms with Crippen LogP contribution in [0.1, 0.15) is 34.7 Å². The molecule has 0 radical (unpaired) electrons. The van der Waals surface area contributed by atoms with Crippen molar-refractivity contribution >= 4 is 5.91 Å². The van der Waals surface area contributed by atoms with E-state index < -0.39 is 5.91 Å². The number of hydrogen-bond donors (Lipinski definition) is 1. The molecule has 2 aromatic rings. The number of nitrogens with two attached hydrogens (primary N) is 1. The van der Waals surface area contributed by atoms with Gasteiger partial charge in [0.1, 0.15) is 11.5 Å². The van der Waals surface area contributed by atoms with Gasteiger partial charge in [-0.05, 0) is 31.5 Å². The summed E-state index contributed by atoms with van der Waals surface area (Å²) in [4.78, 5) is 20.9. The van der Waals surface area contributed by atoms with Crippen LogP contribution in [0.25, 0.3) is 0 Å². The van der Waals surface area contributed by atoms with Crippen LogP contribution in [0.3, 0.4) is 0 Å². The number of rotatable bonds is 4. The van der Waals surface area contributed by atoms with Crippen molar-refractivity contribution in [2.24, 2.45) is 5.73 Å². The monoisotopic (exact) mass is 353 g/mol. The predicted octanol–water partition coefficient (Wildman–Crippen LogP) is 1.50. The van der Waals surface area contributed by atoms with E-state index in [-0.39, 0.29) is 0 Å². The van der Waals surface area contributed by atoms with Crippen LogP contribution in [0.15, 0.2) is 36.5 Å². The summed E-state index contributed by atoms with van der Waals surface area (Å²) in [6.45, 7) is 6.29. The van der Waals surface area contributed by atoms with Crippen LogP contribution < -0.4 is 5.73 Å². The molecule has 26 heavy (non-hydrogen) atoms. The van der Waals surface area contributed by atoms with E-state index in [0.29, 0.717) is 11.7 Å². The van der Waals surface area contributed by atoms with E-state index in [2.05, 4.69) is 49.7 Å². The van der Waals surface area contributed by atoms with Gasteiger partial charge in [-0.15, -0.1) is 0 Å². The van der Waals surface area contributed by atoms with Gasteiger partial charge in [-0.3, -0.25) is 14.6 Å². The fraction of sp³-hybridized carbons (Fsp3) is 0.500. The Hall–Kier alpha value is -2.18. The molecule has 0 bridgehead atoms. The maximum absolute atomic E-state index is 11.3. The molecule has 1 aromatic heterocycles. The molecule has 0 unspecified atom stereocenters. The van der Waals surface area contributed by atoms with Crippen LogP contribution in [-0.2, 0) is 19.5 Å². The normalized spacial score (nSPS) is 19.8. The number of carbonyl (C=O) groups excluding carboxylic acids is 1. The third kappa shape index (κ3) is 3.81. The van der Waals surface area contributed by atoms with E-state index in [1.165, 1.54) is 18.4 Å². The minimum atomic E-state index is -0.437. The second kappa shape index (κ2) is 7.60. The van der Waals surface area contributed by atoms with E-state index in [1.807, 2.05) is 6.20 Å². The molecule has 3 heterocycles. The van der Waals surface area contributed by atoms with E-state index in [1.54, 1.807) is 0 Å². The molecular weight excluding hydrogens is 326 g/mol. The molecule has 2 aliphatic rings. The second-order valence-electron chi connectivity index (χ2n) is 7.38. The van der Waals surface area contributed by atoms with E-state index >= 15 is 0 Å². The molecule has 0 atom stereocenters. The van der Waals surface area contributed by atoms with Crippen molar-refractivity contribution in [3.63, 3.8) is 0 Å². The fourth-order valence-corrected chi connectivity index (χ4v) is 4.21. The number of likely N-dealkylation sites (tertiary alicyclic amines) is 1. The summed E-state index contributed by atoms with van der Waals surface area (Å²) in [6, 6.07) is 11.4. The van der Waals surface area contributed by atoms with E-state index in [9.17, 15) is 4.79 Å². The van der Waals surface area contributed by atoms with Gasteiger partial charge in [-0.1, -0.05) is 30.3 Å². The van der Waals surface area contributed by atoms with Crippen molar-refractivity contribution < 1.29 is 4.79 Å². The summed E-state index contributed by atoms with van der Waals surface area (Å²) < 4.78 is 2.10. The Labute approximate surface area is 154 Å². The first-order valence-electron chi connectivity index (χ1n) is 9.55. The van der Waals surface area contributed by atoms with Crippen LogP contribution in [-0.4, -0.2) is 57.5 Å². The Balaban J connectivity index is 1.30. The summed E-state index contributed by atoms with van der Waals surface area (Å²) in [7, 11) is 0. The Kier molecular flexibility index (Phi) is 5.04. The van der Waals surface area contributed by atoms with Gasteiger partial charge in [0, 0.05) is 44.8 Å². The van der Waals surface area contributed by atoms with Crippen LogP contribution >= 0.6 is 0 Å². The lowest BCUT2D eigenvalue weighted by Gasteiger charge is -2.38. The minimum Gasteiger partial charge on any atom is -0.364 e. The highest BCUT2D eigenvalue weighted by molar-refractivity contribution is 5.90. The summed E-state index contributed by atoms with van der Waals surface area (Å²) >= 11 is 0. The molecule has 0 saturated carbocycles. The van der Waals surface area contributed by atoms with Gasteiger partial charge >= 0.3 is 0 Å². The number of benzene rings is 1. The van der Waals surface area contributed by atoms with Crippen LogP contribution in [0.2, 0.25) is 0 Å². The van der Waals surface area contributed by atoms with Crippen LogP contribution in [0.5, 0.6) is 0 Å². The van der Waals surface area contributed by atoms with Gasteiger partial charge in [-0.2, -0.15) is 0 Å². The number of imidazole rings is 1. The molecule has 1 saturated heterocycles. The molecule has 1 aromatic carbocycles. The number of piperidine rings is 1. The Morgan fingerprint density at radius 3 is 2.58 bits per heavy atom. The van der Waals surface area contributed by atoms with Gasteiger partial charge in [0.2, 0.25) is 0 Å². The second-order valence-corrected chi connectivity index (χ2v) is 7.38. The number of hydrogen-bond acceptors (Lipinski definition) is 4. The topological polar surface area (TPSA) is 67.4 Å². The average Bonchev–Trinajstić information content (AvgIpc) is 2.97. The smallest absolute Gasteiger partial charge is 0.268 e. The number of aromatic nitrogens is 2.